The third-order valence-electron chi connectivity index (χ3n) is 5.47. The number of carbonyl (C=O) groups excluding carboxylic acids is 1. The van der Waals surface area contributed by atoms with E-state index in [9.17, 15) is 28.1 Å². The highest BCUT2D eigenvalue weighted by molar-refractivity contribution is 5.97. The molecule has 0 radical (unpaired) electrons. The van der Waals surface area contributed by atoms with Gasteiger partial charge in [0.05, 0.1) is 17.0 Å². The number of non-ortho nitro benzene ring substituents is 1. The van der Waals surface area contributed by atoms with Crippen LogP contribution < -0.4 is 4.57 Å². The molecule has 0 saturated carbocycles. The van der Waals surface area contributed by atoms with Crippen LogP contribution in [0.15, 0.2) is 42.5 Å². The zero-order chi connectivity index (χ0) is 21.5. The van der Waals surface area contributed by atoms with Crippen molar-refractivity contribution in [3.8, 4) is 0 Å². The highest BCUT2D eigenvalue weighted by Gasteiger charge is 2.34. The van der Waals surface area contributed by atoms with Gasteiger partial charge in [0.1, 0.15) is 0 Å². The highest BCUT2D eigenvalue weighted by Crippen LogP contribution is 2.32. The van der Waals surface area contributed by atoms with E-state index in [0.29, 0.717) is 24.0 Å². The number of hydrogen-bond acceptors (Lipinski definition) is 3. The number of alkyl halides is 3. The van der Waals surface area contributed by atoms with Crippen molar-refractivity contribution in [2.45, 2.75) is 44.9 Å². The predicted molar refractivity (Wildman–Crippen MR) is 102 cm³/mol. The van der Waals surface area contributed by atoms with Gasteiger partial charge in [-0.2, -0.15) is 13.2 Å². The van der Waals surface area contributed by atoms with Crippen molar-refractivity contribution in [1.82, 2.24) is 4.57 Å². The summed E-state index contributed by atoms with van der Waals surface area (Å²) in [5.41, 5.74) is 0.190. The summed E-state index contributed by atoms with van der Waals surface area (Å²) in [7, 11) is 0. The molecule has 0 atom stereocenters. The van der Waals surface area contributed by atoms with Gasteiger partial charge in [0, 0.05) is 30.2 Å². The second kappa shape index (κ2) is 7.55. The van der Waals surface area contributed by atoms with E-state index in [4.69, 9.17) is 0 Å². The Balaban J connectivity index is 1.82. The second-order valence-corrected chi connectivity index (χ2v) is 7.40. The van der Waals surface area contributed by atoms with Crippen LogP contribution in [0.3, 0.4) is 0 Å². The Kier molecular flexibility index (Phi) is 5.05. The first-order valence-electron chi connectivity index (χ1n) is 9.65. The third kappa shape index (κ3) is 3.67. The van der Waals surface area contributed by atoms with Crippen molar-refractivity contribution in [2.24, 2.45) is 0 Å². The number of fused-ring (bicyclic) bond motifs is 3. The highest BCUT2D eigenvalue weighted by atomic mass is 19.4. The minimum Gasteiger partial charge on any atom is -0.290 e. The molecule has 0 unspecified atom stereocenters. The van der Waals surface area contributed by atoms with Crippen LogP contribution in [0.1, 0.15) is 41.0 Å². The molecule has 0 aliphatic carbocycles. The van der Waals surface area contributed by atoms with Crippen molar-refractivity contribution in [2.75, 3.05) is 0 Å². The molecule has 4 rings (SSSR count). The van der Waals surface area contributed by atoms with Gasteiger partial charge in [0.15, 0.2) is 17.6 Å². The molecule has 6 nitrogen and oxygen atoms in total. The Labute approximate surface area is 169 Å². The van der Waals surface area contributed by atoms with Gasteiger partial charge in [-0.1, -0.05) is 12.1 Å². The number of ketones is 1. The maximum atomic E-state index is 13.3. The fourth-order valence-electron chi connectivity index (χ4n) is 4.02. The number of imidazole rings is 1. The summed E-state index contributed by atoms with van der Waals surface area (Å²) in [5, 5.41) is 11.0. The van der Waals surface area contributed by atoms with Crippen LogP contribution in [0.4, 0.5) is 18.9 Å². The van der Waals surface area contributed by atoms with E-state index in [1.165, 1.54) is 30.3 Å². The molecule has 0 amide bonds. The van der Waals surface area contributed by atoms with Crippen LogP contribution in [-0.2, 0) is 25.7 Å². The number of nitro groups is 1. The second-order valence-electron chi connectivity index (χ2n) is 7.40. The molecule has 0 fully saturated rings. The van der Waals surface area contributed by atoms with E-state index in [1.807, 2.05) is 4.57 Å². The quantitative estimate of drug-likeness (QED) is 0.272. The molecule has 9 heteroatoms. The summed E-state index contributed by atoms with van der Waals surface area (Å²) in [6, 6.07) is 9.00. The molecule has 1 aromatic heterocycles. The maximum Gasteiger partial charge on any atom is 0.416 e. The lowest BCUT2D eigenvalue weighted by Gasteiger charge is -2.06. The summed E-state index contributed by atoms with van der Waals surface area (Å²) < 4.78 is 43.5. The Morgan fingerprint density at radius 2 is 1.93 bits per heavy atom. The van der Waals surface area contributed by atoms with Crippen LogP contribution in [0.2, 0.25) is 0 Å². The number of nitro benzene ring substituents is 1. The zero-order valence-electron chi connectivity index (χ0n) is 16.0. The lowest BCUT2D eigenvalue weighted by atomic mass is 10.1. The average Bonchev–Trinajstić information content (AvgIpc) is 2.85. The first kappa shape index (κ1) is 20.1. The maximum absolute atomic E-state index is 13.3. The molecule has 0 bridgehead atoms. The fraction of sp³-hybridized carbons (Fsp3) is 0.333. The Hall–Kier alpha value is -3.23. The lowest BCUT2D eigenvalue weighted by molar-refractivity contribution is -0.678. The van der Waals surface area contributed by atoms with E-state index >= 15 is 0 Å². The summed E-state index contributed by atoms with van der Waals surface area (Å²) in [5.74, 6) is 0.418. The number of Topliss-reactive ketones (excluding diaryl/α,β-unsaturated/α-hetero) is 1. The minimum absolute atomic E-state index is 0.158. The molecule has 1 aliphatic rings. The van der Waals surface area contributed by atoms with E-state index < -0.39 is 16.7 Å². The molecule has 0 spiro atoms. The van der Waals surface area contributed by atoms with Gasteiger partial charge in [0.25, 0.3) is 11.5 Å². The Morgan fingerprint density at radius 1 is 1.13 bits per heavy atom. The van der Waals surface area contributed by atoms with Crippen molar-refractivity contribution in [1.29, 1.82) is 0 Å². The summed E-state index contributed by atoms with van der Waals surface area (Å²) >= 11 is 0. The normalized spacial score (nSPS) is 14.4. The van der Waals surface area contributed by atoms with Crippen molar-refractivity contribution >= 4 is 22.5 Å². The van der Waals surface area contributed by atoms with E-state index in [-0.39, 0.29) is 23.6 Å². The first-order valence-corrected chi connectivity index (χ1v) is 9.65. The molecule has 0 saturated heterocycles. The molecule has 30 heavy (non-hydrogen) atoms. The Bertz CT molecular complexity index is 1150. The number of halogens is 3. The Morgan fingerprint density at radius 3 is 2.67 bits per heavy atom. The minimum atomic E-state index is -4.49. The predicted octanol–water partition coefficient (Wildman–Crippen LogP) is 4.47. The van der Waals surface area contributed by atoms with Gasteiger partial charge in [-0.3, -0.25) is 14.9 Å². The SMILES string of the molecule is O=C(Cn1c2[n+](c3ccc(C(F)(F)F)cc31)CCCCC2)c1cccc([N+](=O)[O-])c1. The molecular weight excluding hydrogens is 399 g/mol. The van der Waals surface area contributed by atoms with Crippen LogP contribution >= 0.6 is 0 Å². The largest absolute Gasteiger partial charge is 0.416 e. The van der Waals surface area contributed by atoms with Crippen molar-refractivity contribution in [3.63, 3.8) is 0 Å². The molecular formula is C21H19F3N3O3+. The van der Waals surface area contributed by atoms with Gasteiger partial charge in [0.2, 0.25) is 5.78 Å². The molecule has 2 heterocycles. The lowest BCUT2D eigenvalue weighted by Crippen LogP contribution is -2.37. The van der Waals surface area contributed by atoms with Crippen LogP contribution in [0.5, 0.6) is 0 Å². The topological polar surface area (TPSA) is 69.0 Å². The average molecular weight is 418 g/mol. The molecule has 3 aromatic rings. The molecule has 156 valence electrons. The number of aryl methyl sites for hydroxylation is 1. The third-order valence-corrected chi connectivity index (χ3v) is 5.47. The summed E-state index contributed by atoms with van der Waals surface area (Å²) in [6.07, 6.45) is -1.04. The van der Waals surface area contributed by atoms with E-state index in [1.54, 1.807) is 4.57 Å². The van der Waals surface area contributed by atoms with E-state index in [2.05, 4.69) is 0 Å². The molecule has 2 aromatic carbocycles. The van der Waals surface area contributed by atoms with Gasteiger partial charge >= 0.3 is 6.18 Å². The molecule has 1 aliphatic heterocycles. The number of carbonyl (C=O) groups is 1. The number of nitrogens with zero attached hydrogens (tertiary/aromatic N) is 3. The monoisotopic (exact) mass is 418 g/mol. The summed E-state index contributed by atoms with van der Waals surface area (Å²) in [6.45, 7) is 0.497. The van der Waals surface area contributed by atoms with Gasteiger partial charge in [-0.25, -0.2) is 9.13 Å². The fourth-order valence-corrected chi connectivity index (χ4v) is 4.02. The van der Waals surface area contributed by atoms with Crippen LogP contribution in [0, 0.1) is 10.1 Å². The van der Waals surface area contributed by atoms with Crippen molar-refractivity contribution in [3.05, 3.63) is 69.5 Å². The zero-order valence-corrected chi connectivity index (χ0v) is 16.0. The first-order chi connectivity index (χ1) is 14.3. The number of rotatable bonds is 4. The van der Waals surface area contributed by atoms with Gasteiger partial charge in [-0.15, -0.1) is 0 Å². The smallest absolute Gasteiger partial charge is 0.290 e. The number of aromatic nitrogens is 2. The number of benzene rings is 2. The van der Waals surface area contributed by atoms with Gasteiger partial charge in [-0.05, 0) is 31.4 Å². The van der Waals surface area contributed by atoms with Crippen LogP contribution in [-0.4, -0.2) is 15.3 Å². The standard InChI is InChI=1S/C21H19F3N3O3/c22-21(23,24)15-8-9-17-18(12-15)26(20-7-2-1-3-10-25(17)20)13-19(28)14-5-4-6-16(11-14)27(29)30/h4-6,8-9,11-12H,1-3,7,10,13H2/q+1. The summed E-state index contributed by atoms with van der Waals surface area (Å²) in [4.78, 5) is 23.3. The van der Waals surface area contributed by atoms with Gasteiger partial charge < -0.3 is 0 Å². The number of hydrogen-bond donors (Lipinski definition) is 0. The van der Waals surface area contributed by atoms with E-state index in [0.717, 1.165) is 37.2 Å². The van der Waals surface area contributed by atoms with Crippen LogP contribution in [0.25, 0.3) is 11.0 Å². The van der Waals surface area contributed by atoms with Crippen molar-refractivity contribution < 1.29 is 27.5 Å². The molecule has 0 N–H and O–H groups in total.